The fraction of sp³-hybridized carbons (Fsp3) is 0.350. The molecule has 5 nitrogen and oxygen atoms in total. The normalized spacial score (nSPS) is 11.6. The number of benzene rings is 2. The van der Waals surface area contributed by atoms with Crippen molar-refractivity contribution in [2.75, 3.05) is 20.8 Å². The van der Waals surface area contributed by atoms with E-state index in [0.717, 1.165) is 17.7 Å². The van der Waals surface area contributed by atoms with Gasteiger partial charge in [0.05, 0.1) is 26.7 Å². The molecule has 0 spiro atoms. The largest absolute Gasteiger partial charge is 0.497 e. The summed E-state index contributed by atoms with van der Waals surface area (Å²) in [6.45, 7) is 2.63. The number of rotatable bonds is 9. The molecule has 0 bridgehead atoms. The first-order valence-corrected chi connectivity index (χ1v) is 8.26. The van der Waals surface area contributed by atoms with Crippen LogP contribution in [-0.2, 0) is 11.2 Å². The van der Waals surface area contributed by atoms with Gasteiger partial charge in [0.2, 0.25) is 0 Å². The van der Waals surface area contributed by atoms with Crippen LogP contribution in [-0.4, -0.2) is 31.9 Å². The van der Waals surface area contributed by atoms with Crippen molar-refractivity contribution in [3.05, 3.63) is 53.6 Å². The monoisotopic (exact) mass is 344 g/mol. The summed E-state index contributed by atoms with van der Waals surface area (Å²) in [4.78, 5) is 11.9. The number of carboxylic acids is 1. The third kappa shape index (κ3) is 4.66. The van der Waals surface area contributed by atoms with Gasteiger partial charge in [-0.15, -0.1) is 0 Å². The third-order valence-electron chi connectivity index (χ3n) is 3.97. The van der Waals surface area contributed by atoms with Crippen molar-refractivity contribution >= 4 is 5.97 Å². The molecule has 0 fully saturated rings. The maximum atomic E-state index is 11.9. The van der Waals surface area contributed by atoms with E-state index in [0.29, 0.717) is 30.1 Å². The minimum absolute atomic E-state index is 0.317. The molecule has 0 radical (unpaired) electrons. The van der Waals surface area contributed by atoms with Crippen LogP contribution in [0.1, 0.15) is 30.4 Å². The standard InChI is InChI=1S/C20H24O5/c1-4-11-25-18-8-6-5-7-14(18)12-17(20(21)22)16-10-9-15(23-2)13-19(16)24-3/h5-10,13,17H,4,11-12H2,1-3H3,(H,21,22). The predicted octanol–water partition coefficient (Wildman–Crippen LogP) is 3.90. The topological polar surface area (TPSA) is 65.0 Å². The quantitative estimate of drug-likeness (QED) is 0.747. The zero-order chi connectivity index (χ0) is 18.2. The fourth-order valence-electron chi connectivity index (χ4n) is 2.68. The van der Waals surface area contributed by atoms with Gasteiger partial charge in [0.1, 0.15) is 17.2 Å². The van der Waals surface area contributed by atoms with E-state index in [1.54, 1.807) is 25.3 Å². The Labute approximate surface area is 148 Å². The van der Waals surface area contributed by atoms with Crippen LogP contribution in [0.15, 0.2) is 42.5 Å². The number of ether oxygens (including phenoxy) is 3. The molecule has 0 heterocycles. The first-order chi connectivity index (χ1) is 12.1. The second-order valence-electron chi connectivity index (χ2n) is 5.66. The summed E-state index contributed by atoms with van der Waals surface area (Å²) in [5, 5.41) is 9.77. The Balaban J connectivity index is 2.36. The van der Waals surface area contributed by atoms with E-state index < -0.39 is 11.9 Å². The van der Waals surface area contributed by atoms with Crippen LogP contribution in [0.2, 0.25) is 0 Å². The highest BCUT2D eigenvalue weighted by molar-refractivity contribution is 5.78. The summed E-state index contributed by atoms with van der Waals surface area (Å²) in [7, 11) is 3.08. The minimum Gasteiger partial charge on any atom is -0.497 e. The van der Waals surface area contributed by atoms with E-state index in [2.05, 4.69) is 0 Å². The second-order valence-corrected chi connectivity index (χ2v) is 5.66. The van der Waals surface area contributed by atoms with Crippen LogP contribution in [0.4, 0.5) is 0 Å². The first-order valence-electron chi connectivity index (χ1n) is 8.26. The molecule has 25 heavy (non-hydrogen) atoms. The molecule has 0 saturated carbocycles. The second kappa shape index (κ2) is 8.97. The molecule has 0 aliphatic heterocycles. The Bertz CT molecular complexity index is 711. The zero-order valence-electron chi connectivity index (χ0n) is 14.8. The summed E-state index contributed by atoms with van der Waals surface area (Å²) < 4.78 is 16.3. The van der Waals surface area contributed by atoms with Gasteiger partial charge in [-0.2, -0.15) is 0 Å². The molecule has 134 valence electrons. The van der Waals surface area contributed by atoms with Gasteiger partial charge in [-0.05, 0) is 30.5 Å². The van der Waals surface area contributed by atoms with Crippen LogP contribution >= 0.6 is 0 Å². The number of hydrogen-bond donors (Lipinski definition) is 1. The minimum atomic E-state index is -0.909. The average Bonchev–Trinajstić information content (AvgIpc) is 2.64. The first kappa shape index (κ1) is 18.6. The average molecular weight is 344 g/mol. The number of aliphatic carboxylic acids is 1. The van der Waals surface area contributed by atoms with Crippen molar-refractivity contribution in [3.63, 3.8) is 0 Å². The Hall–Kier alpha value is -2.69. The van der Waals surface area contributed by atoms with Gasteiger partial charge in [0, 0.05) is 11.6 Å². The summed E-state index contributed by atoms with van der Waals surface area (Å²) in [6, 6.07) is 12.7. The molecule has 0 aliphatic carbocycles. The molecule has 0 amide bonds. The number of carbonyl (C=O) groups is 1. The molecule has 1 atom stereocenters. The van der Waals surface area contributed by atoms with Crippen molar-refractivity contribution < 1.29 is 24.1 Å². The number of para-hydroxylation sites is 1. The number of methoxy groups -OCH3 is 2. The summed E-state index contributed by atoms with van der Waals surface area (Å²) >= 11 is 0. The Morgan fingerprint density at radius 3 is 2.48 bits per heavy atom. The predicted molar refractivity (Wildman–Crippen MR) is 95.9 cm³/mol. The van der Waals surface area contributed by atoms with Crippen molar-refractivity contribution in [1.82, 2.24) is 0 Å². The molecule has 2 rings (SSSR count). The third-order valence-corrected chi connectivity index (χ3v) is 3.97. The number of hydrogen-bond acceptors (Lipinski definition) is 4. The lowest BCUT2D eigenvalue weighted by Gasteiger charge is -2.19. The molecule has 0 saturated heterocycles. The Morgan fingerprint density at radius 2 is 1.84 bits per heavy atom. The highest BCUT2D eigenvalue weighted by atomic mass is 16.5. The molecule has 2 aromatic rings. The van der Waals surface area contributed by atoms with Crippen LogP contribution in [0.5, 0.6) is 17.2 Å². The van der Waals surface area contributed by atoms with Gasteiger partial charge < -0.3 is 19.3 Å². The summed E-state index contributed by atoms with van der Waals surface area (Å²) in [5.74, 6) is 0.194. The maximum Gasteiger partial charge on any atom is 0.311 e. The highest BCUT2D eigenvalue weighted by Crippen LogP contribution is 2.34. The molecule has 5 heteroatoms. The van der Waals surface area contributed by atoms with Gasteiger partial charge >= 0.3 is 5.97 Å². The highest BCUT2D eigenvalue weighted by Gasteiger charge is 2.25. The fourth-order valence-corrected chi connectivity index (χ4v) is 2.68. The van der Waals surface area contributed by atoms with E-state index in [1.165, 1.54) is 7.11 Å². The molecule has 1 unspecified atom stereocenters. The maximum absolute atomic E-state index is 11.9. The molecule has 0 aliphatic rings. The van der Waals surface area contributed by atoms with Crippen LogP contribution in [0.25, 0.3) is 0 Å². The lowest BCUT2D eigenvalue weighted by molar-refractivity contribution is -0.138. The van der Waals surface area contributed by atoms with Crippen LogP contribution in [0.3, 0.4) is 0 Å². The van der Waals surface area contributed by atoms with E-state index in [9.17, 15) is 9.90 Å². The van der Waals surface area contributed by atoms with Crippen molar-refractivity contribution in [3.8, 4) is 17.2 Å². The summed E-state index contributed by atoms with van der Waals surface area (Å²) in [5.41, 5.74) is 1.47. The lowest BCUT2D eigenvalue weighted by Crippen LogP contribution is -2.16. The van der Waals surface area contributed by atoms with Crippen LogP contribution in [0, 0.1) is 0 Å². The van der Waals surface area contributed by atoms with E-state index >= 15 is 0 Å². The van der Waals surface area contributed by atoms with E-state index in [1.807, 2.05) is 31.2 Å². The van der Waals surface area contributed by atoms with E-state index in [4.69, 9.17) is 14.2 Å². The summed E-state index contributed by atoms with van der Waals surface area (Å²) in [6.07, 6.45) is 1.21. The molecular weight excluding hydrogens is 320 g/mol. The van der Waals surface area contributed by atoms with Gasteiger partial charge in [-0.1, -0.05) is 31.2 Å². The van der Waals surface area contributed by atoms with E-state index in [-0.39, 0.29) is 0 Å². The van der Waals surface area contributed by atoms with Gasteiger partial charge in [-0.3, -0.25) is 4.79 Å². The number of carboxylic acid groups (broad SMARTS) is 1. The Morgan fingerprint density at radius 1 is 1.08 bits per heavy atom. The Kier molecular flexibility index (Phi) is 6.69. The van der Waals surface area contributed by atoms with Gasteiger partial charge in [0.15, 0.2) is 0 Å². The molecule has 0 aromatic heterocycles. The lowest BCUT2D eigenvalue weighted by atomic mass is 9.91. The molecule has 2 aromatic carbocycles. The molecule has 1 N–H and O–H groups in total. The SMILES string of the molecule is CCCOc1ccccc1CC(C(=O)O)c1ccc(OC)cc1OC. The van der Waals surface area contributed by atoms with Gasteiger partial charge in [-0.25, -0.2) is 0 Å². The van der Waals surface area contributed by atoms with Crippen LogP contribution < -0.4 is 14.2 Å². The molecular formula is C20H24O5. The van der Waals surface area contributed by atoms with Gasteiger partial charge in [0.25, 0.3) is 0 Å². The van der Waals surface area contributed by atoms with Crippen molar-refractivity contribution in [2.45, 2.75) is 25.7 Å². The van der Waals surface area contributed by atoms with Crippen molar-refractivity contribution in [1.29, 1.82) is 0 Å². The zero-order valence-corrected chi connectivity index (χ0v) is 14.8. The van der Waals surface area contributed by atoms with Crippen molar-refractivity contribution in [2.24, 2.45) is 0 Å². The smallest absolute Gasteiger partial charge is 0.311 e.